The summed E-state index contributed by atoms with van der Waals surface area (Å²) in [6.07, 6.45) is 1.57. The van der Waals surface area contributed by atoms with Crippen LogP contribution in [0.3, 0.4) is 0 Å². The molecule has 6 heteroatoms. The Labute approximate surface area is 121 Å². The summed E-state index contributed by atoms with van der Waals surface area (Å²) in [4.78, 5) is 25.3. The number of hydrogen-bond acceptors (Lipinski definition) is 4. The van der Waals surface area contributed by atoms with E-state index in [1.54, 1.807) is 11.3 Å². The van der Waals surface area contributed by atoms with Gasteiger partial charge in [0, 0.05) is 12.6 Å². The van der Waals surface area contributed by atoms with Gasteiger partial charge in [0.2, 0.25) is 0 Å². The molecule has 1 saturated carbocycles. The second-order valence-electron chi connectivity index (χ2n) is 5.36. The molecule has 2 aliphatic rings. The third-order valence-electron chi connectivity index (χ3n) is 3.77. The topological polar surface area (TPSA) is 66.8 Å². The number of carbonyl (C=O) groups excluding carboxylic acids is 1. The van der Waals surface area contributed by atoms with Crippen molar-refractivity contribution in [2.45, 2.75) is 50.5 Å². The molecule has 20 heavy (non-hydrogen) atoms. The van der Waals surface area contributed by atoms with Crippen molar-refractivity contribution in [2.24, 2.45) is 0 Å². The average Bonchev–Trinajstić information content (AvgIpc) is 2.95. The Morgan fingerprint density at radius 1 is 1.30 bits per heavy atom. The van der Waals surface area contributed by atoms with E-state index in [-0.39, 0.29) is 5.91 Å². The van der Waals surface area contributed by atoms with Crippen molar-refractivity contribution in [3.05, 3.63) is 22.4 Å². The Hall–Kier alpha value is -1.40. The van der Waals surface area contributed by atoms with Crippen molar-refractivity contribution < 1.29 is 19.4 Å². The summed E-state index contributed by atoms with van der Waals surface area (Å²) in [5.74, 6) is -1.03. The van der Waals surface area contributed by atoms with Crippen molar-refractivity contribution in [2.75, 3.05) is 0 Å². The highest BCUT2D eigenvalue weighted by Crippen LogP contribution is 2.31. The minimum Gasteiger partial charge on any atom is -0.479 e. The summed E-state index contributed by atoms with van der Waals surface area (Å²) in [5.41, 5.74) is 1.13. The molecule has 0 radical (unpaired) electrons. The quantitative estimate of drug-likeness (QED) is 0.900. The number of hydrogen-bond donors (Lipinski definition) is 1. The molecular weight excluding hydrogens is 278 g/mol. The van der Waals surface area contributed by atoms with Crippen molar-refractivity contribution in [3.63, 3.8) is 0 Å². The third kappa shape index (κ3) is 2.86. The van der Waals surface area contributed by atoms with E-state index in [2.05, 4.69) is 0 Å². The number of rotatable bonds is 5. The maximum atomic E-state index is 12.5. The lowest BCUT2D eigenvalue weighted by atomic mass is 10.1. The number of carboxylic acids is 1. The summed E-state index contributed by atoms with van der Waals surface area (Å²) in [6, 6.07) is 2.32. The van der Waals surface area contributed by atoms with Gasteiger partial charge in [0.15, 0.2) is 6.10 Å². The van der Waals surface area contributed by atoms with E-state index in [0.717, 1.165) is 18.4 Å². The standard InChI is InChI=1S/C14H17NO4S/c16-13(11-3-4-12(19-11)14(17)18)15(10-1-2-10)7-9-5-6-20-8-9/h5-6,8,10-12H,1-4,7H2,(H,17,18)/t11-,12+/m0/s1. The van der Waals surface area contributed by atoms with Gasteiger partial charge in [0.1, 0.15) is 6.10 Å². The molecule has 3 rings (SSSR count). The fraction of sp³-hybridized carbons (Fsp3) is 0.571. The first-order valence-electron chi connectivity index (χ1n) is 6.85. The van der Waals surface area contributed by atoms with Crippen molar-refractivity contribution in [1.82, 2.24) is 4.90 Å². The molecule has 1 aliphatic carbocycles. The lowest BCUT2D eigenvalue weighted by Gasteiger charge is -2.25. The molecule has 0 unspecified atom stereocenters. The minimum atomic E-state index is -0.976. The number of nitrogens with zero attached hydrogens (tertiary/aromatic N) is 1. The first-order chi connectivity index (χ1) is 9.65. The van der Waals surface area contributed by atoms with Crippen LogP contribution in [-0.2, 0) is 20.9 Å². The van der Waals surface area contributed by atoms with Crippen LogP contribution in [0.2, 0.25) is 0 Å². The van der Waals surface area contributed by atoms with Crippen LogP contribution in [0.5, 0.6) is 0 Å². The van der Waals surface area contributed by atoms with Gasteiger partial charge in [-0.2, -0.15) is 11.3 Å². The normalized spacial score (nSPS) is 25.6. The van der Waals surface area contributed by atoms with Gasteiger partial charge in [-0.05, 0) is 48.1 Å². The van der Waals surface area contributed by atoms with E-state index < -0.39 is 18.2 Å². The zero-order valence-corrected chi connectivity index (χ0v) is 11.8. The van der Waals surface area contributed by atoms with Crippen LogP contribution in [0.1, 0.15) is 31.2 Å². The Morgan fingerprint density at radius 2 is 2.05 bits per heavy atom. The molecule has 1 amide bonds. The van der Waals surface area contributed by atoms with Gasteiger partial charge in [-0.3, -0.25) is 4.79 Å². The van der Waals surface area contributed by atoms with E-state index in [1.807, 2.05) is 21.7 Å². The molecule has 108 valence electrons. The highest BCUT2D eigenvalue weighted by Gasteiger charge is 2.41. The molecule has 1 saturated heterocycles. The number of amides is 1. The monoisotopic (exact) mass is 295 g/mol. The SMILES string of the molecule is O=C(O)[C@H]1CC[C@@H](C(=O)N(Cc2ccsc2)C2CC2)O1. The molecule has 1 aromatic heterocycles. The molecular formula is C14H17NO4S. The Balaban J connectivity index is 1.65. The van der Waals surface area contributed by atoms with E-state index in [9.17, 15) is 9.59 Å². The number of aliphatic carboxylic acids is 1. The Morgan fingerprint density at radius 3 is 2.60 bits per heavy atom. The summed E-state index contributed by atoms with van der Waals surface area (Å²) in [6.45, 7) is 0.602. The second-order valence-corrected chi connectivity index (χ2v) is 6.14. The van der Waals surface area contributed by atoms with Crippen LogP contribution < -0.4 is 0 Å². The van der Waals surface area contributed by atoms with E-state index in [1.165, 1.54) is 0 Å². The highest BCUT2D eigenvalue weighted by atomic mass is 32.1. The molecule has 0 bridgehead atoms. The maximum Gasteiger partial charge on any atom is 0.332 e. The van der Waals surface area contributed by atoms with Gasteiger partial charge in [0.25, 0.3) is 5.91 Å². The fourth-order valence-electron chi connectivity index (χ4n) is 2.54. The lowest BCUT2D eigenvalue weighted by molar-refractivity contribution is -0.155. The maximum absolute atomic E-state index is 12.5. The smallest absolute Gasteiger partial charge is 0.332 e. The first-order valence-corrected chi connectivity index (χ1v) is 7.79. The van der Waals surface area contributed by atoms with Gasteiger partial charge >= 0.3 is 5.97 Å². The molecule has 2 atom stereocenters. The lowest BCUT2D eigenvalue weighted by Crippen LogP contribution is -2.40. The van der Waals surface area contributed by atoms with Crippen LogP contribution in [0.4, 0.5) is 0 Å². The van der Waals surface area contributed by atoms with Gasteiger partial charge in [0.05, 0.1) is 0 Å². The molecule has 0 spiro atoms. The van der Waals surface area contributed by atoms with Gasteiger partial charge in [-0.15, -0.1) is 0 Å². The average molecular weight is 295 g/mol. The van der Waals surface area contributed by atoms with Crippen LogP contribution >= 0.6 is 11.3 Å². The second kappa shape index (κ2) is 5.54. The summed E-state index contributed by atoms with van der Waals surface area (Å²) < 4.78 is 5.37. The zero-order chi connectivity index (χ0) is 14.1. The Bertz CT molecular complexity index is 497. The molecule has 0 aromatic carbocycles. The summed E-state index contributed by atoms with van der Waals surface area (Å²) in [5, 5.41) is 13.0. The predicted molar refractivity (Wildman–Crippen MR) is 73.4 cm³/mol. The van der Waals surface area contributed by atoms with Crippen molar-refractivity contribution in [3.8, 4) is 0 Å². The predicted octanol–water partition coefficient (Wildman–Crippen LogP) is 1.87. The summed E-state index contributed by atoms with van der Waals surface area (Å²) >= 11 is 1.62. The van der Waals surface area contributed by atoms with Gasteiger partial charge < -0.3 is 14.7 Å². The molecule has 5 nitrogen and oxygen atoms in total. The van der Waals surface area contributed by atoms with Crippen molar-refractivity contribution >= 4 is 23.2 Å². The number of carbonyl (C=O) groups is 2. The summed E-state index contributed by atoms with van der Waals surface area (Å²) in [7, 11) is 0. The molecule has 1 N–H and O–H groups in total. The molecule has 2 heterocycles. The largest absolute Gasteiger partial charge is 0.479 e. The minimum absolute atomic E-state index is 0.0533. The number of thiophene rings is 1. The van der Waals surface area contributed by atoms with Crippen LogP contribution in [0.25, 0.3) is 0 Å². The number of carboxylic acid groups (broad SMARTS) is 1. The van der Waals surface area contributed by atoms with E-state index >= 15 is 0 Å². The van der Waals surface area contributed by atoms with E-state index in [4.69, 9.17) is 9.84 Å². The van der Waals surface area contributed by atoms with Gasteiger partial charge in [-0.25, -0.2) is 4.79 Å². The van der Waals surface area contributed by atoms with Gasteiger partial charge in [-0.1, -0.05) is 0 Å². The van der Waals surface area contributed by atoms with Crippen molar-refractivity contribution in [1.29, 1.82) is 0 Å². The van der Waals surface area contributed by atoms with Crippen LogP contribution in [0, 0.1) is 0 Å². The van der Waals surface area contributed by atoms with Crippen LogP contribution in [0.15, 0.2) is 16.8 Å². The fourth-order valence-corrected chi connectivity index (χ4v) is 3.20. The molecule has 1 aromatic rings. The molecule has 1 aliphatic heterocycles. The zero-order valence-electron chi connectivity index (χ0n) is 11.0. The highest BCUT2D eigenvalue weighted by molar-refractivity contribution is 7.07. The molecule has 2 fully saturated rings. The number of ether oxygens (including phenoxy) is 1. The first kappa shape index (κ1) is 13.6. The van der Waals surface area contributed by atoms with Crippen LogP contribution in [-0.4, -0.2) is 40.1 Å². The van der Waals surface area contributed by atoms with E-state index in [0.29, 0.717) is 25.4 Å². The Kier molecular flexibility index (Phi) is 3.76. The third-order valence-corrected chi connectivity index (χ3v) is 4.51.